The van der Waals surface area contributed by atoms with E-state index in [0.717, 1.165) is 30.5 Å². The number of anilines is 2. The summed E-state index contributed by atoms with van der Waals surface area (Å²) in [6, 6.07) is 19.0. The predicted octanol–water partition coefficient (Wildman–Crippen LogP) is 4.37. The third-order valence-electron chi connectivity index (χ3n) is 4.97. The zero-order valence-corrected chi connectivity index (χ0v) is 16.4. The molecule has 0 bridgehead atoms. The van der Waals surface area contributed by atoms with E-state index in [2.05, 4.69) is 15.0 Å². The van der Waals surface area contributed by atoms with Crippen LogP contribution in [0.1, 0.15) is 29.5 Å². The summed E-state index contributed by atoms with van der Waals surface area (Å²) in [7, 11) is -3.65. The molecule has 1 aliphatic rings. The molecule has 1 heterocycles. The minimum absolute atomic E-state index is 0.293. The van der Waals surface area contributed by atoms with E-state index in [1.54, 1.807) is 24.4 Å². The number of benzene rings is 2. The van der Waals surface area contributed by atoms with E-state index in [1.165, 1.54) is 17.5 Å². The molecule has 0 radical (unpaired) electrons. The summed E-state index contributed by atoms with van der Waals surface area (Å²) in [6.07, 6.45) is 5.89. The molecule has 144 valence electrons. The SMILES string of the molecule is O=S(=O)(Nc1ccc(NCc2ccccc2)cn1)c1ccc2c(c1)CCCC2. The third kappa shape index (κ3) is 4.34. The van der Waals surface area contributed by atoms with Gasteiger partial charge in [0.2, 0.25) is 0 Å². The van der Waals surface area contributed by atoms with Crippen LogP contribution in [0.3, 0.4) is 0 Å². The molecule has 0 saturated heterocycles. The van der Waals surface area contributed by atoms with Gasteiger partial charge in [-0.25, -0.2) is 13.4 Å². The molecule has 0 saturated carbocycles. The fourth-order valence-electron chi connectivity index (χ4n) is 3.43. The molecule has 4 rings (SSSR count). The van der Waals surface area contributed by atoms with E-state index in [9.17, 15) is 8.42 Å². The van der Waals surface area contributed by atoms with E-state index in [0.29, 0.717) is 17.3 Å². The first kappa shape index (κ1) is 18.5. The van der Waals surface area contributed by atoms with Crippen LogP contribution in [-0.2, 0) is 29.4 Å². The van der Waals surface area contributed by atoms with Gasteiger partial charge < -0.3 is 5.32 Å². The molecule has 0 spiro atoms. The lowest BCUT2D eigenvalue weighted by Crippen LogP contribution is -2.15. The van der Waals surface area contributed by atoms with Crippen LogP contribution in [0.25, 0.3) is 0 Å². The molecule has 0 unspecified atom stereocenters. The largest absolute Gasteiger partial charge is 0.380 e. The topological polar surface area (TPSA) is 71.1 Å². The summed E-state index contributed by atoms with van der Waals surface area (Å²) in [5.74, 6) is 0.308. The van der Waals surface area contributed by atoms with Crippen molar-refractivity contribution in [2.45, 2.75) is 37.1 Å². The van der Waals surface area contributed by atoms with Gasteiger partial charge in [0, 0.05) is 6.54 Å². The van der Waals surface area contributed by atoms with E-state index >= 15 is 0 Å². The van der Waals surface area contributed by atoms with E-state index < -0.39 is 10.0 Å². The normalized spacial score (nSPS) is 13.6. The molecule has 6 heteroatoms. The number of hydrogen-bond donors (Lipinski definition) is 2. The maximum Gasteiger partial charge on any atom is 0.263 e. The van der Waals surface area contributed by atoms with Gasteiger partial charge in [-0.15, -0.1) is 0 Å². The number of sulfonamides is 1. The first-order valence-corrected chi connectivity index (χ1v) is 11.0. The molecular formula is C22H23N3O2S. The first-order valence-electron chi connectivity index (χ1n) is 9.49. The Hall–Kier alpha value is -2.86. The highest BCUT2D eigenvalue weighted by atomic mass is 32.2. The molecule has 1 aromatic heterocycles. The second-order valence-electron chi connectivity index (χ2n) is 7.01. The van der Waals surface area contributed by atoms with E-state index in [4.69, 9.17) is 0 Å². The molecule has 0 atom stereocenters. The third-order valence-corrected chi connectivity index (χ3v) is 6.32. The van der Waals surface area contributed by atoms with Crippen LogP contribution in [0, 0.1) is 0 Å². The molecule has 1 aliphatic carbocycles. The van der Waals surface area contributed by atoms with Gasteiger partial charge in [-0.05, 0) is 66.6 Å². The van der Waals surface area contributed by atoms with Gasteiger partial charge in [0.1, 0.15) is 5.82 Å². The predicted molar refractivity (Wildman–Crippen MR) is 112 cm³/mol. The van der Waals surface area contributed by atoms with Gasteiger partial charge in [-0.3, -0.25) is 4.72 Å². The molecule has 28 heavy (non-hydrogen) atoms. The number of nitrogens with one attached hydrogen (secondary N) is 2. The monoisotopic (exact) mass is 393 g/mol. The van der Waals surface area contributed by atoms with Crippen molar-refractivity contribution < 1.29 is 8.42 Å². The maximum absolute atomic E-state index is 12.7. The van der Waals surface area contributed by atoms with Crippen molar-refractivity contribution >= 4 is 21.5 Å². The molecule has 0 fully saturated rings. The number of fused-ring (bicyclic) bond motifs is 1. The van der Waals surface area contributed by atoms with Crippen molar-refractivity contribution in [3.05, 3.63) is 83.6 Å². The Morgan fingerprint density at radius 3 is 2.43 bits per heavy atom. The van der Waals surface area contributed by atoms with Gasteiger partial charge >= 0.3 is 0 Å². The van der Waals surface area contributed by atoms with Crippen molar-refractivity contribution in [2.24, 2.45) is 0 Å². The fraction of sp³-hybridized carbons (Fsp3) is 0.227. The van der Waals surface area contributed by atoms with Crippen LogP contribution in [0.15, 0.2) is 71.8 Å². The molecule has 0 aliphatic heterocycles. The van der Waals surface area contributed by atoms with Crippen molar-refractivity contribution in [1.82, 2.24) is 4.98 Å². The van der Waals surface area contributed by atoms with Crippen LogP contribution in [0.4, 0.5) is 11.5 Å². The average molecular weight is 394 g/mol. The maximum atomic E-state index is 12.7. The van der Waals surface area contributed by atoms with Crippen LogP contribution >= 0.6 is 0 Å². The van der Waals surface area contributed by atoms with Crippen LogP contribution in [-0.4, -0.2) is 13.4 Å². The van der Waals surface area contributed by atoms with Gasteiger partial charge in [-0.2, -0.15) is 0 Å². The lowest BCUT2D eigenvalue weighted by Gasteiger charge is -2.17. The molecule has 2 aromatic carbocycles. The molecule has 3 aromatic rings. The van der Waals surface area contributed by atoms with Crippen molar-refractivity contribution in [1.29, 1.82) is 0 Å². The van der Waals surface area contributed by atoms with Crippen molar-refractivity contribution in [3.8, 4) is 0 Å². The minimum atomic E-state index is -3.65. The summed E-state index contributed by atoms with van der Waals surface area (Å²) in [5.41, 5.74) is 4.40. The Balaban J connectivity index is 1.43. The fourth-order valence-corrected chi connectivity index (χ4v) is 4.49. The number of hydrogen-bond acceptors (Lipinski definition) is 4. The second-order valence-corrected chi connectivity index (χ2v) is 8.70. The Morgan fingerprint density at radius 1 is 0.893 bits per heavy atom. The van der Waals surface area contributed by atoms with Crippen molar-refractivity contribution in [3.63, 3.8) is 0 Å². The summed E-state index contributed by atoms with van der Waals surface area (Å²) >= 11 is 0. The van der Waals surface area contributed by atoms with E-state index in [-0.39, 0.29) is 0 Å². The molecule has 0 amide bonds. The summed E-state index contributed by atoms with van der Waals surface area (Å²) in [6.45, 7) is 0.683. The Labute approximate surface area is 165 Å². The lowest BCUT2D eigenvalue weighted by molar-refractivity contribution is 0.600. The number of aryl methyl sites for hydroxylation is 2. The van der Waals surface area contributed by atoms with Gasteiger partial charge in [0.25, 0.3) is 10.0 Å². The van der Waals surface area contributed by atoms with Crippen LogP contribution < -0.4 is 10.0 Å². The number of nitrogens with zero attached hydrogens (tertiary/aromatic N) is 1. The highest BCUT2D eigenvalue weighted by molar-refractivity contribution is 7.92. The Bertz CT molecular complexity index is 1050. The van der Waals surface area contributed by atoms with Gasteiger partial charge in [-0.1, -0.05) is 36.4 Å². The average Bonchev–Trinajstić information content (AvgIpc) is 2.73. The zero-order valence-electron chi connectivity index (χ0n) is 15.6. The van der Waals surface area contributed by atoms with Crippen LogP contribution in [0.5, 0.6) is 0 Å². The molecular weight excluding hydrogens is 370 g/mol. The summed E-state index contributed by atoms with van der Waals surface area (Å²) < 4.78 is 28.0. The molecule has 5 nitrogen and oxygen atoms in total. The lowest BCUT2D eigenvalue weighted by atomic mass is 9.92. The van der Waals surface area contributed by atoms with Gasteiger partial charge in [0.05, 0.1) is 16.8 Å². The standard InChI is InChI=1S/C22H23N3O2S/c26-28(27,21-12-10-18-8-4-5-9-19(18)14-21)25-22-13-11-20(16-24-22)23-15-17-6-2-1-3-7-17/h1-3,6-7,10-14,16,23H,4-5,8-9,15H2,(H,24,25). The summed E-state index contributed by atoms with van der Waals surface area (Å²) in [4.78, 5) is 4.53. The molecule has 2 N–H and O–H groups in total. The smallest absolute Gasteiger partial charge is 0.263 e. The first-order chi connectivity index (χ1) is 13.6. The Morgan fingerprint density at radius 2 is 1.68 bits per heavy atom. The number of aromatic nitrogens is 1. The quantitative estimate of drug-likeness (QED) is 0.652. The Kier molecular flexibility index (Phi) is 5.30. The van der Waals surface area contributed by atoms with E-state index in [1.807, 2.05) is 42.5 Å². The highest BCUT2D eigenvalue weighted by Crippen LogP contribution is 2.25. The zero-order chi connectivity index (χ0) is 19.4. The second kappa shape index (κ2) is 8.02. The number of pyridine rings is 1. The highest BCUT2D eigenvalue weighted by Gasteiger charge is 2.18. The van der Waals surface area contributed by atoms with Crippen LogP contribution in [0.2, 0.25) is 0 Å². The minimum Gasteiger partial charge on any atom is -0.380 e. The van der Waals surface area contributed by atoms with Crippen molar-refractivity contribution in [2.75, 3.05) is 10.0 Å². The summed E-state index contributed by atoms with van der Waals surface area (Å²) in [5, 5.41) is 3.28. The number of rotatable bonds is 6. The van der Waals surface area contributed by atoms with Gasteiger partial charge in [0.15, 0.2) is 0 Å².